The van der Waals surface area contributed by atoms with Gasteiger partial charge in [-0.25, -0.2) is 0 Å². The zero-order chi connectivity index (χ0) is 16.6. The van der Waals surface area contributed by atoms with E-state index in [2.05, 4.69) is 11.9 Å². The molecule has 1 amide bonds. The van der Waals surface area contributed by atoms with E-state index in [1.807, 2.05) is 11.8 Å². The summed E-state index contributed by atoms with van der Waals surface area (Å²) in [5.41, 5.74) is 1.11. The number of piperidine rings is 1. The van der Waals surface area contributed by atoms with Crippen LogP contribution >= 0.6 is 12.2 Å². The van der Waals surface area contributed by atoms with Crippen LogP contribution in [-0.2, 0) is 6.54 Å². The molecule has 1 aromatic carbocycles. The fraction of sp³-hybridized carbons (Fsp3) is 0.471. The Balaban J connectivity index is 2.02. The molecule has 0 radical (unpaired) electrons. The first-order valence-corrected chi connectivity index (χ1v) is 8.48. The molecule has 3 rings (SSSR count). The number of hydrogen-bond acceptors (Lipinski definition) is 3. The molecule has 0 aliphatic carbocycles. The first kappa shape index (κ1) is 15.9. The first-order valence-electron chi connectivity index (χ1n) is 8.07. The van der Waals surface area contributed by atoms with Gasteiger partial charge in [0, 0.05) is 25.2 Å². The van der Waals surface area contributed by atoms with Gasteiger partial charge in [0.2, 0.25) is 0 Å². The van der Waals surface area contributed by atoms with Crippen LogP contribution in [0.3, 0.4) is 0 Å². The Kier molecular flexibility index (Phi) is 4.35. The number of likely N-dealkylation sites (tertiary alicyclic amines) is 1. The number of aromatic nitrogens is 2. The summed E-state index contributed by atoms with van der Waals surface area (Å²) in [5, 5.41) is 0.559. The molecule has 0 bridgehead atoms. The van der Waals surface area contributed by atoms with E-state index < -0.39 is 0 Å². The topological polar surface area (TPSA) is 58.1 Å². The van der Waals surface area contributed by atoms with Crippen molar-refractivity contribution in [3.8, 4) is 0 Å². The van der Waals surface area contributed by atoms with Crippen molar-refractivity contribution in [2.45, 2.75) is 33.2 Å². The molecule has 1 aliphatic rings. The molecule has 1 N–H and O–H groups in total. The Hall–Kier alpha value is -1.95. The molecule has 1 saturated heterocycles. The predicted molar refractivity (Wildman–Crippen MR) is 93.4 cm³/mol. The number of carbonyl (C=O) groups excluding carboxylic acids is 1. The number of H-pyrrole nitrogens is 1. The van der Waals surface area contributed by atoms with Crippen LogP contribution in [0.4, 0.5) is 0 Å². The van der Waals surface area contributed by atoms with Gasteiger partial charge in [0.1, 0.15) is 0 Å². The molecule has 0 saturated carbocycles. The largest absolute Gasteiger partial charge is 0.338 e. The van der Waals surface area contributed by atoms with Crippen LogP contribution in [0.15, 0.2) is 23.0 Å². The average Bonchev–Trinajstić information content (AvgIpc) is 2.54. The monoisotopic (exact) mass is 331 g/mol. The lowest BCUT2D eigenvalue weighted by atomic mass is 9.99. The van der Waals surface area contributed by atoms with Gasteiger partial charge in [0.05, 0.1) is 10.9 Å². The van der Waals surface area contributed by atoms with E-state index in [0.717, 1.165) is 19.5 Å². The highest BCUT2D eigenvalue weighted by Crippen LogP contribution is 2.19. The summed E-state index contributed by atoms with van der Waals surface area (Å²) in [4.78, 5) is 30.0. The second kappa shape index (κ2) is 6.28. The van der Waals surface area contributed by atoms with E-state index in [0.29, 0.717) is 33.7 Å². The Bertz CT molecular complexity index is 868. The molecule has 1 aromatic heterocycles. The minimum absolute atomic E-state index is 0.0254. The van der Waals surface area contributed by atoms with Crippen molar-refractivity contribution in [2.75, 3.05) is 13.1 Å². The van der Waals surface area contributed by atoms with E-state index >= 15 is 0 Å². The van der Waals surface area contributed by atoms with E-state index in [1.54, 1.807) is 18.2 Å². The zero-order valence-electron chi connectivity index (χ0n) is 13.5. The number of nitrogens with one attached hydrogen (secondary N) is 1. The summed E-state index contributed by atoms with van der Waals surface area (Å²) < 4.78 is 1.91. The Labute approximate surface area is 139 Å². The molecule has 23 heavy (non-hydrogen) atoms. The van der Waals surface area contributed by atoms with Crippen LogP contribution < -0.4 is 5.56 Å². The van der Waals surface area contributed by atoms with Gasteiger partial charge in [-0.3, -0.25) is 14.2 Å². The van der Waals surface area contributed by atoms with Crippen molar-refractivity contribution < 1.29 is 4.79 Å². The number of hydrogen-bond donors (Lipinski definition) is 1. The minimum atomic E-state index is -0.114. The van der Waals surface area contributed by atoms with Crippen molar-refractivity contribution in [2.24, 2.45) is 5.92 Å². The third-order valence-corrected chi connectivity index (χ3v) is 4.81. The normalized spacial score (nSPS) is 18.3. The highest BCUT2D eigenvalue weighted by molar-refractivity contribution is 7.71. The van der Waals surface area contributed by atoms with Crippen molar-refractivity contribution in [3.05, 3.63) is 38.9 Å². The van der Waals surface area contributed by atoms with Crippen LogP contribution in [0.2, 0.25) is 0 Å². The maximum Gasteiger partial charge on any atom is 0.262 e. The Morgan fingerprint density at radius 2 is 2.22 bits per heavy atom. The highest BCUT2D eigenvalue weighted by atomic mass is 32.1. The van der Waals surface area contributed by atoms with Crippen LogP contribution in [0.5, 0.6) is 0 Å². The molecule has 0 unspecified atom stereocenters. The minimum Gasteiger partial charge on any atom is -0.338 e. The molecule has 122 valence electrons. The fourth-order valence-corrected chi connectivity index (χ4v) is 3.55. The van der Waals surface area contributed by atoms with E-state index in [4.69, 9.17) is 12.2 Å². The average molecular weight is 331 g/mol. The van der Waals surface area contributed by atoms with E-state index in [9.17, 15) is 9.59 Å². The quantitative estimate of drug-likeness (QED) is 0.861. The second-order valence-corrected chi connectivity index (χ2v) is 6.63. The number of carbonyl (C=O) groups is 1. The van der Waals surface area contributed by atoms with Gasteiger partial charge in [0.25, 0.3) is 11.5 Å². The van der Waals surface area contributed by atoms with Gasteiger partial charge in [-0.1, -0.05) is 6.92 Å². The summed E-state index contributed by atoms with van der Waals surface area (Å²) in [5.74, 6) is 0.563. The first-order chi connectivity index (χ1) is 11.0. The summed E-state index contributed by atoms with van der Waals surface area (Å²) in [7, 11) is 0. The summed E-state index contributed by atoms with van der Waals surface area (Å²) in [6.45, 7) is 6.17. The van der Waals surface area contributed by atoms with Crippen LogP contribution in [0, 0.1) is 10.7 Å². The molecular weight excluding hydrogens is 310 g/mol. The van der Waals surface area contributed by atoms with Gasteiger partial charge >= 0.3 is 0 Å². The molecule has 1 atom stereocenters. The molecular formula is C17H21N3O2S. The smallest absolute Gasteiger partial charge is 0.262 e. The Morgan fingerprint density at radius 3 is 2.91 bits per heavy atom. The molecule has 5 nitrogen and oxygen atoms in total. The molecule has 2 heterocycles. The second-order valence-electron chi connectivity index (χ2n) is 6.24. The van der Waals surface area contributed by atoms with Gasteiger partial charge in [-0.05, 0) is 56.1 Å². The van der Waals surface area contributed by atoms with Crippen LogP contribution in [0.25, 0.3) is 10.9 Å². The van der Waals surface area contributed by atoms with Crippen molar-refractivity contribution in [3.63, 3.8) is 0 Å². The van der Waals surface area contributed by atoms with Gasteiger partial charge < -0.3 is 9.88 Å². The summed E-state index contributed by atoms with van der Waals surface area (Å²) in [6.07, 6.45) is 2.22. The number of amides is 1. The lowest BCUT2D eigenvalue weighted by Gasteiger charge is -2.31. The lowest BCUT2D eigenvalue weighted by molar-refractivity contribution is 0.0683. The van der Waals surface area contributed by atoms with Crippen molar-refractivity contribution in [1.82, 2.24) is 14.5 Å². The molecule has 6 heteroatoms. The van der Waals surface area contributed by atoms with Gasteiger partial charge in [-0.2, -0.15) is 0 Å². The number of aromatic amines is 1. The van der Waals surface area contributed by atoms with Crippen LogP contribution in [-0.4, -0.2) is 33.4 Å². The number of nitrogens with zero attached hydrogens (tertiary/aromatic N) is 2. The fourth-order valence-electron chi connectivity index (χ4n) is 3.23. The summed E-state index contributed by atoms with van der Waals surface area (Å²) in [6, 6.07) is 5.20. The van der Waals surface area contributed by atoms with Gasteiger partial charge in [0.15, 0.2) is 4.77 Å². The Morgan fingerprint density at radius 1 is 1.43 bits per heavy atom. The number of benzene rings is 1. The van der Waals surface area contributed by atoms with Gasteiger partial charge in [-0.15, -0.1) is 0 Å². The zero-order valence-corrected chi connectivity index (χ0v) is 14.3. The molecule has 0 spiro atoms. The van der Waals surface area contributed by atoms with E-state index in [1.165, 1.54) is 11.0 Å². The van der Waals surface area contributed by atoms with Crippen molar-refractivity contribution in [1.29, 1.82) is 0 Å². The molecule has 1 aliphatic heterocycles. The standard InChI is InChI=1S/C17H21N3O2S/c1-3-20-16(22)13-7-6-12(9-14(13)18-17(20)23)15(21)19-8-4-5-11(2)10-19/h6-7,9,11H,3-5,8,10H2,1-2H3,(H,18,23)/t11-/m1/s1. The van der Waals surface area contributed by atoms with Crippen molar-refractivity contribution >= 4 is 29.0 Å². The maximum absolute atomic E-state index is 12.7. The molecule has 1 fully saturated rings. The number of fused-ring (bicyclic) bond motifs is 1. The van der Waals surface area contributed by atoms with E-state index in [-0.39, 0.29) is 11.5 Å². The maximum atomic E-state index is 12.7. The third kappa shape index (κ3) is 2.95. The lowest BCUT2D eigenvalue weighted by Crippen LogP contribution is -2.39. The predicted octanol–water partition coefficient (Wildman–Crippen LogP) is 2.95. The number of rotatable bonds is 2. The molecule has 2 aromatic rings. The summed E-state index contributed by atoms with van der Waals surface area (Å²) >= 11 is 5.23. The highest BCUT2D eigenvalue weighted by Gasteiger charge is 2.22. The third-order valence-electron chi connectivity index (χ3n) is 4.49. The van der Waals surface area contributed by atoms with Crippen LogP contribution in [0.1, 0.15) is 37.0 Å². The SMILES string of the molecule is CCn1c(=S)[nH]c2cc(C(=O)N3CCC[C@@H](C)C3)ccc2c1=O.